The SMILES string of the molecule is CCOC1(c2nc(C(C)CC)cs2)CCC(C)CC1. The van der Waals surface area contributed by atoms with Gasteiger partial charge in [0.15, 0.2) is 0 Å². The summed E-state index contributed by atoms with van der Waals surface area (Å²) in [5, 5.41) is 3.46. The molecule has 0 aliphatic heterocycles. The molecule has 0 saturated heterocycles. The van der Waals surface area contributed by atoms with Crippen LogP contribution in [0.25, 0.3) is 0 Å². The Hall–Kier alpha value is -0.410. The first-order valence-electron chi connectivity index (χ1n) is 7.71. The molecule has 1 aromatic rings. The minimum absolute atomic E-state index is 0.0857. The molecule has 1 aliphatic carbocycles. The third-order valence-electron chi connectivity index (χ3n) is 4.53. The normalized spacial score (nSPS) is 29.4. The highest BCUT2D eigenvalue weighted by atomic mass is 32.1. The van der Waals surface area contributed by atoms with Gasteiger partial charge in [-0.15, -0.1) is 11.3 Å². The van der Waals surface area contributed by atoms with Crippen molar-refractivity contribution in [2.24, 2.45) is 5.92 Å². The lowest BCUT2D eigenvalue weighted by Crippen LogP contribution is -2.34. The van der Waals surface area contributed by atoms with Crippen LogP contribution in [0.2, 0.25) is 0 Å². The summed E-state index contributed by atoms with van der Waals surface area (Å²) in [6.45, 7) is 9.72. The van der Waals surface area contributed by atoms with Crippen molar-refractivity contribution in [3.63, 3.8) is 0 Å². The number of nitrogens with zero attached hydrogens (tertiary/aromatic N) is 1. The lowest BCUT2D eigenvalue weighted by atomic mass is 9.79. The van der Waals surface area contributed by atoms with Gasteiger partial charge in [0.25, 0.3) is 0 Å². The number of ether oxygens (including phenoxy) is 1. The van der Waals surface area contributed by atoms with Crippen LogP contribution < -0.4 is 0 Å². The Labute approximate surface area is 121 Å². The van der Waals surface area contributed by atoms with Gasteiger partial charge >= 0.3 is 0 Å². The van der Waals surface area contributed by atoms with Crippen LogP contribution in [0.3, 0.4) is 0 Å². The molecule has 1 atom stereocenters. The molecule has 108 valence electrons. The third-order valence-corrected chi connectivity index (χ3v) is 5.58. The second kappa shape index (κ2) is 6.36. The van der Waals surface area contributed by atoms with Crippen molar-refractivity contribution in [3.05, 3.63) is 16.1 Å². The summed E-state index contributed by atoms with van der Waals surface area (Å²) in [7, 11) is 0. The zero-order valence-corrected chi connectivity index (χ0v) is 13.6. The van der Waals surface area contributed by atoms with Crippen molar-refractivity contribution in [1.29, 1.82) is 0 Å². The standard InChI is InChI=1S/C16H27NOS/c1-5-13(4)14-11-19-15(17-14)16(18-6-2)9-7-12(3)8-10-16/h11-13H,5-10H2,1-4H3. The van der Waals surface area contributed by atoms with Crippen LogP contribution in [-0.2, 0) is 10.3 Å². The van der Waals surface area contributed by atoms with Gasteiger partial charge in [-0.05, 0) is 50.9 Å². The van der Waals surface area contributed by atoms with Gasteiger partial charge in [0.1, 0.15) is 10.6 Å². The smallest absolute Gasteiger partial charge is 0.125 e. The minimum Gasteiger partial charge on any atom is -0.368 e. The summed E-state index contributed by atoms with van der Waals surface area (Å²) >= 11 is 1.80. The average Bonchev–Trinajstić information content (AvgIpc) is 2.91. The molecule has 1 heterocycles. The maximum atomic E-state index is 6.18. The van der Waals surface area contributed by atoms with Crippen LogP contribution in [0.5, 0.6) is 0 Å². The molecule has 0 spiro atoms. The van der Waals surface area contributed by atoms with Crippen molar-refractivity contribution in [2.45, 2.75) is 71.3 Å². The van der Waals surface area contributed by atoms with E-state index in [1.165, 1.54) is 23.5 Å². The van der Waals surface area contributed by atoms with Crippen molar-refractivity contribution >= 4 is 11.3 Å². The minimum atomic E-state index is -0.0857. The monoisotopic (exact) mass is 281 g/mol. The maximum absolute atomic E-state index is 6.18. The number of hydrogen-bond acceptors (Lipinski definition) is 3. The summed E-state index contributed by atoms with van der Waals surface area (Å²) in [6, 6.07) is 0. The predicted molar refractivity (Wildman–Crippen MR) is 81.8 cm³/mol. The molecule has 1 saturated carbocycles. The number of thiazole rings is 1. The molecule has 1 aromatic heterocycles. The molecular weight excluding hydrogens is 254 g/mol. The Morgan fingerprint density at radius 2 is 2.11 bits per heavy atom. The van der Waals surface area contributed by atoms with Gasteiger partial charge in [0, 0.05) is 12.0 Å². The first-order valence-corrected chi connectivity index (χ1v) is 8.59. The quantitative estimate of drug-likeness (QED) is 0.749. The molecule has 0 N–H and O–H groups in total. The highest BCUT2D eigenvalue weighted by molar-refractivity contribution is 7.09. The summed E-state index contributed by atoms with van der Waals surface area (Å²) in [5.74, 6) is 1.40. The third kappa shape index (κ3) is 3.19. The molecule has 0 bridgehead atoms. The van der Waals surface area contributed by atoms with Crippen molar-refractivity contribution < 1.29 is 4.74 Å². The second-order valence-electron chi connectivity index (χ2n) is 6.00. The van der Waals surface area contributed by atoms with E-state index in [0.29, 0.717) is 5.92 Å². The topological polar surface area (TPSA) is 22.1 Å². The lowest BCUT2D eigenvalue weighted by Gasteiger charge is -2.37. The fourth-order valence-electron chi connectivity index (χ4n) is 2.86. The average molecular weight is 281 g/mol. The molecule has 0 radical (unpaired) electrons. The molecular formula is C16H27NOS. The zero-order valence-electron chi connectivity index (χ0n) is 12.7. The Bertz CT molecular complexity index is 393. The molecule has 19 heavy (non-hydrogen) atoms. The van der Waals surface area contributed by atoms with Crippen LogP contribution in [0, 0.1) is 5.92 Å². The van der Waals surface area contributed by atoms with Crippen molar-refractivity contribution in [3.8, 4) is 0 Å². The number of aromatic nitrogens is 1. The zero-order chi connectivity index (χ0) is 13.9. The molecule has 1 unspecified atom stereocenters. The van der Waals surface area contributed by atoms with Crippen LogP contribution in [0.4, 0.5) is 0 Å². The Kier molecular flexibility index (Phi) is 5.02. The molecule has 0 aromatic carbocycles. The Morgan fingerprint density at radius 1 is 1.42 bits per heavy atom. The fraction of sp³-hybridized carbons (Fsp3) is 0.812. The van der Waals surface area contributed by atoms with Crippen LogP contribution >= 0.6 is 11.3 Å². The summed E-state index contributed by atoms with van der Waals surface area (Å²) in [6.07, 6.45) is 5.95. The second-order valence-corrected chi connectivity index (χ2v) is 6.85. The molecule has 2 rings (SSSR count). The van der Waals surface area contributed by atoms with Gasteiger partial charge in [-0.25, -0.2) is 4.98 Å². The van der Waals surface area contributed by atoms with E-state index in [4.69, 9.17) is 9.72 Å². The van der Waals surface area contributed by atoms with Gasteiger partial charge < -0.3 is 4.74 Å². The fourth-order valence-corrected chi connectivity index (χ4v) is 4.01. The first-order chi connectivity index (χ1) is 9.11. The highest BCUT2D eigenvalue weighted by Crippen LogP contribution is 2.44. The predicted octanol–water partition coefficient (Wildman–Crippen LogP) is 5.10. The molecule has 0 amide bonds. The Morgan fingerprint density at radius 3 is 2.68 bits per heavy atom. The van der Waals surface area contributed by atoms with E-state index in [0.717, 1.165) is 31.8 Å². The van der Waals surface area contributed by atoms with E-state index in [9.17, 15) is 0 Å². The molecule has 2 nitrogen and oxygen atoms in total. The van der Waals surface area contributed by atoms with E-state index in [2.05, 4.69) is 33.1 Å². The van der Waals surface area contributed by atoms with E-state index in [-0.39, 0.29) is 5.60 Å². The van der Waals surface area contributed by atoms with Gasteiger partial charge in [0.05, 0.1) is 5.69 Å². The maximum Gasteiger partial charge on any atom is 0.125 e. The Balaban J connectivity index is 2.21. The lowest BCUT2D eigenvalue weighted by molar-refractivity contribution is -0.0777. The van der Waals surface area contributed by atoms with Crippen LogP contribution in [0.1, 0.15) is 76.4 Å². The van der Waals surface area contributed by atoms with Crippen molar-refractivity contribution in [1.82, 2.24) is 4.98 Å². The number of hydrogen-bond donors (Lipinski definition) is 0. The van der Waals surface area contributed by atoms with E-state index in [1.807, 2.05) is 0 Å². The molecule has 3 heteroatoms. The number of rotatable bonds is 5. The van der Waals surface area contributed by atoms with E-state index < -0.39 is 0 Å². The van der Waals surface area contributed by atoms with Crippen LogP contribution in [0.15, 0.2) is 5.38 Å². The van der Waals surface area contributed by atoms with Gasteiger partial charge in [-0.2, -0.15) is 0 Å². The summed E-state index contributed by atoms with van der Waals surface area (Å²) in [4.78, 5) is 4.91. The first kappa shape index (κ1) is 15.0. The van der Waals surface area contributed by atoms with Crippen molar-refractivity contribution in [2.75, 3.05) is 6.61 Å². The largest absolute Gasteiger partial charge is 0.368 e. The highest BCUT2D eigenvalue weighted by Gasteiger charge is 2.39. The van der Waals surface area contributed by atoms with Gasteiger partial charge in [0.2, 0.25) is 0 Å². The van der Waals surface area contributed by atoms with E-state index >= 15 is 0 Å². The summed E-state index contributed by atoms with van der Waals surface area (Å²) in [5.41, 5.74) is 1.16. The summed E-state index contributed by atoms with van der Waals surface area (Å²) < 4.78 is 6.18. The van der Waals surface area contributed by atoms with Gasteiger partial charge in [-0.1, -0.05) is 20.8 Å². The van der Waals surface area contributed by atoms with Crippen LogP contribution in [-0.4, -0.2) is 11.6 Å². The van der Waals surface area contributed by atoms with Gasteiger partial charge in [-0.3, -0.25) is 0 Å². The molecule has 1 aliphatic rings. The van der Waals surface area contributed by atoms with E-state index in [1.54, 1.807) is 11.3 Å². The molecule has 1 fully saturated rings.